The number of pyridine rings is 1. The largest absolute Gasteiger partial charge is 0.348 e. The van der Waals surface area contributed by atoms with Crippen LogP contribution < -0.4 is 5.32 Å². The molecule has 0 spiro atoms. The molecule has 0 aliphatic carbocycles. The van der Waals surface area contributed by atoms with E-state index in [0.717, 1.165) is 11.1 Å². The number of carbonyl (C=O) groups excluding carboxylic acids is 1. The molecule has 0 saturated heterocycles. The maximum Gasteiger partial charge on any atom is 0.273 e. The second kappa shape index (κ2) is 5.88. The van der Waals surface area contributed by atoms with E-state index in [1.165, 1.54) is 12.1 Å². The van der Waals surface area contributed by atoms with Gasteiger partial charge in [-0.25, -0.2) is 4.52 Å². The zero-order chi connectivity index (χ0) is 16.4. The van der Waals surface area contributed by atoms with Crippen molar-refractivity contribution >= 4 is 17.1 Å². The molecule has 0 bridgehead atoms. The first-order chi connectivity index (χ1) is 11.1. The Balaban J connectivity index is 1.80. The van der Waals surface area contributed by atoms with E-state index in [2.05, 4.69) is 10.4 Å². The Bertz CT molecular complexity index is 901. The highest BCUT2D eigenvalue weighted by Crippen LogP contribution is 2.21. The van der Waals surface area contributed by atoms with Gasteiger partial charge in [-0.2, -0.15) is 5.10 Å². The van der Waals surface area contributed by atoms with Gasteiger partial charge in [0.15, 0.2) is 0 Å². The van der Waals surface area contributed by atoms with Crippen LogP contribution in [-0.2, 0) is 6.54 Å². The molecule has 0 atom stereocenters. The van der Waals surface area contributed by atoms with E-state index in [4.69, 9.17) is 0 Å². The molecule has 0 saturated carbocycles. The van der Waals surface area contributed by atoms with Crippen molar-refractivity contribution in [2.24, 2.45) is 0 Å². The molecule has 116 valence electrons. The van der Waals surface area contributed by atoms with Crippen LogP contribution in [0.3, 0.4) is 0 Å². The molecule has 7 nitrogen and oxygen atoms in total. The van der Waals surface area contributed by atoms with Gasteiger partial charge in [0.2, 0.25) is 0 Å². The lowest BCUT2D eigenvalue weighted by Gasteiger charge is -2.07. The average Bonchev–Trinajstić information content (AvgIpc) is 2.96. The highest BCUT2D eigenvalue weighted by Gasteiger charge is 2.18. The topological polar surface area (TPSA) is 89.5 Å². The lowest BCUT2D eigenvalue weighted by molar-refractivity contribution is -0.385. The average molecular weight is 310 g/mol. The summed E-state index contributed by atoms with van der Waals surface area (Å²) in [6.45, 7) is 1.87. The fraction of sp³-hybridized carbons (Fsp3) is 0.125. The number of rotatable bonds is 4. The predicted octanol–water partition coefficient (Wildman–Crippen LogP) is 2.48. The molecule has 3 rings (SSSR count). The number of benzene rings is 1. The monoisotopic (exact) mass is 310 g/mol. The molecule has 0 aliphatic rings. The standard InChI is InChI=1S/C16H14N4O3/c1-11-13(5-4-7-14(11)20(22)23)16(21)17-9-12-10-18-19-8-3-2-6-15(12)19/h2-8,10H,9H2,1H3,(H,17,21). The van der Waals surface area contributed by atoms with Crippen LogP contribution in [0, 0.1) is 17.0 Å². The van der Waals surface area contributed by atoms with E-state index >= 15 is 0 Å². The van der Waals surface area contributed by atoms with Crippen LogP contribution >= 0.6 is 0 Å². The quantitative estimate of drug-likeness (QED) is 0.592. The molecule has 0 fully saturated rings. The lowest BCUT2D eigenvalue weighted by Crippen LogP contribution is -2.23. The SMILES string of the molecule is Cc1c(C(=O)NCc2cnn3ccccc23)cccc1[N+](=O)[O-]. The Morgan fingerprint density at radius 3 is 2.91 bits per heavy atom. The van der Waals surface area contributed by atoms with E-state index in [1.807, 2.05) is 24.4 Å². The van der Waals surface area contributed by atoms with Gasteiger partial charge in [0, 0.05) is 35.5 Å². The van der Waals surface area contributed by atoms with Gasteiger partial charge in [0.1, 0.15) is 0 Å². The van der Waals surface area contributed by atoms with Crippen LogP contribution in [0.15, 0.2) is 48.8 Å². The molecule has 1 amide bonds. The first-order valence-corrected chi connectivity index (χ1v) is 7.01. The first kappa shape index (κ1) is 14.7. The van der Waals surface area contributed by atoms with E-state index < -0.39 is 4.92 Å². The fourth-order valence-electron chi connectivity index (χ4n) is 2.46. The minimum atomic E-state index is -0.489. The molecule has 7 heteroatoms. The van der Waals surface area contributed by atoms with Gasteiger partial charge in [-0.1, -0.05) is 12.1 Å². The Morgan fingerprint density at radius 1 is 1.30 bits per heavy atom. The summed E-state index contributed by atoms with van der Waals surface area (Å²) in [5.74, 6) is -0.346. The van der Waals surface area contributed by atoms with E-state index in [1.54, 1.807) is 23.7 Å². The summed E-state index contributed by atoms with van der Waals surface area (Å²) in [6.07, 6.45) is 3.52. The van der Waals surface area contributed by atoms with Gasteiger partial charge < -0.3 is 5.32 Å². The zero-order valence-electron chi connectivity index (χ0n) is 12.4. The highest BCUT2D eigenvalue weighted by molar-refractivity contribution is 5.96. The predicted molar refractivity (Wildman–Crippen MR) is 84.2 cm³/mol. The fourth-order valence-corrected chi connectivity index (χ4v) is 2.46. The summed E-state index contributed by atoms with van der Waals surface area (Å²) in [6, 6.07) is 10.1. The summed E-state index contributed by atoms with van der Waals surface area (Å²) < 4.78 is 1.72. The second-order valence-corrected chi connectivity index (χ2v) is 5.09. The number of hydrogen-bond acceptors (Lipinski definition) is 4. The van der Waals surface area contributed by atoms with Crippen molar-refractivity contribution in [2.45, 2.75) is 13.5 Å². The molecular formula is C16H14N4O3. The Morgan fingerprint density at radius 2 is 2.13 bits per heavy atom. The van der Waals surface area contributed by atoms with Crippen molar-refractivity contribution in [2.75, 3.05) is 0 Å². The Kier molecular flexibility index (Phi) is 3.76. The van der Waals surface area contributed by atoms with Crippen molar-refractivity contribution in [1.82, 2.24) is 14.9 Å². The number of nitrogens with one attached hydrogen (secondary N) is 1. The maximum atomic E-state index is 12.3. The molecule has 3 aromatic rings. The van der Waals surface area contributed by atoms with Crippen LogP contribution in [-0.4, -0.2) is 20.4 Å². The molecule has 0 radical (unpaired) electrons. The van der Waals surface area contributed by atoms with Crippen LogP contribution in [0.1, 0.15) is 21.5 Å². The van der Waals surface area contributed by atoms with Crippen molar-refractivity contribution in [3.8, 4) is 0 Å². The van der Waals surface area contributed by atoms with Gasteiger partial charge in [-0.05, 0) is 25.1 Å². The van der Waals surface area contributed by atoms with Crippen LogP contribution in [0.4, 0.5) is 5.69 Å². The zero-order valence-corrected chi connectivity index (χ0v) is 12.4. The van der Waals surface area contributed by atoms with Gasteiger partial charge in [-0.15, -0.1) is 0 Å². The number of nitro benzene ring substituents is 1. The van der Waals surface area contributed by atoms with Crippen molar-refractivity contribution in [3.63, 3.8) is 0 Å². The summed E-state index contributed by atoms with van der Waals surface area (Å²) in [4.78, 5) is 22.8. The molecule has 2 heterocycles. The molecule has 2 aromatic heterocycles. The number of fused-ring (bicyclic) bond motifs is 1. The Labute approximate surface area is 131 Å². The Hall–Kier alpha value is -3.22. The number of hydrogen-bond donors (Lipinski definition) is 1. The third-order valence-corrected chi connectivity index (χ3v) is 3.69. The van der Waals surface area contributed by atoms with Crippen LogP contribution in [0.2, 0.25) is 0 Å². The van der Waals surface area contributed by atoms with E-state index in [-0.39, 0.29) is 11.6 Å². The smallest absolute Gasteiger partial charge is 0.273 e. The van der Waals surface area contributed by atoms with Gasteiger partial charge >= 0.3 is 0 Å². The third-order valence-electron chi connectivity index (χ3n) is 3.69. The molecule has 23 heavy (non-hydrogen) atoms. The summed E-state index contributed by atoms with van der Waals surface area (Å²) in [5.41, 5.74) is 2.38. The summed E-state index contributed by atoms with van der Waals surface area (Å²) in [5, 5.41) is 17.9. The number of amides is 1. The summed E-state index contributed by atoms with van der Waals surface area (Å²) in [7, 11) is 0. The number of nitrogens with zero attached hydrogens (tertiary/aromatic N) is 3. The molecular weight excluding hydrogens is 296 g/mol. The van der Waals surface area contributed by atoms with E-state index in [9.17, 15) is 14.9 Å². The normalized spacial score (nSPS) is 10.7. The molecule has 1 N–H and O–H groups in total. The molecule has 1 aromatic carbocycles. The second-order valence-electron chi connectivity index (χ2n) is 5.09. The maximum absolute atomic E-state index is 12.3. The van der Waals surface area contributed by atoms with Gasteiger partial charge in [0.25, 0.3) is 11.6 Å². The minimum absolute atomic E-state index is 0.0615. The van der Waals surface area contributed by atoms with E-state index in [0.29, 0.717) is 17.7 Å². The first-order valence-electron chi connectivity index (χ1n) is 7.01. The van der Waals surface area contributed by atoms with Crippen molar-refractivity contribution < 1.29 is 9.72 Å². The van der Waals surface area contributed by atoms with Gasteiger partial charge in [0.05, 0.1) is 16.6 Å². The number of nitro groups is 1. The minimum Gasteiger partial charge on any atom is -0.348 e. The number of aromatic nitrogens is 2. The van der Waals surface area contributed by atoms with Gasteiger partial charge in [-0.3, -0.25) is 14.9 Å². The van der Waals surface area contributed by atoms with Crippen LogP contribution in [0.25, 0.3) is 5.52 Å². The van der Waals surface area contributed by atoms with Crippen molar-refractivity contribution in [3.05, 3.63) is 75.6 Å². The van der Waals surface area contributed by atoms with Crippen LogP contribution in [0.5, 0.6) is 0 Å². The highest BCUT2D eigenvalue weighted by atomic mass is 16.6. The number of carbonyl (C=O) groups is 1. The third kappa shape index (κ3) is 2.76. The molecule has 0 unspecified atom stereocenters. The summed E-state index contributed by atoms with van der Waals surface area (Å²) >= 11 is 0. The molecule has 0 aliphatic heterocycles. The van der Waals surface area contributed by atoms with Crippen molar-refractivity contribution in [1.29, 1.82) is 0 Å². The lowest BCUT2D eigenvalue weighted by atomic mass is 10.1.